The number of para-hydroxylation sites is 1. The summed E-state index contributed by atoms with van der Waals surface area (Å²) < 4.78 is 5.27. The summed E-state index contributed by atoms with van der Waals surface area (Å²) in [6, 6.07) is 16.4. The Balaban J connectivity index is 1.24. The fourth-order valence-corrected chi connectivity index (χ4v) is 4.99. The molecule has 2 aromatic carbocycles. The first-order valence-electron chi connectivity index (χ1n) is 12.3. The number of hydrogen-bond acceptors (Lipinski definition) is 5. The van der Waals surface area contributed by atoms with E-state index in [1.54, 1.807) is 7.11 Å². The Hall–Kier alpha value is -2.90. The van der Waals surface area contributed by atoms with Crippen LogP contribution < -0.4 is 10.1 Å². The van der Waals surface area contributed by atoms with E-state index >= 15 is 0 Å². The van der Waals surface area contributed by atoms with Gasteiger partial charge in [0.05, 0.1) is 20.2 Å². The monoisotopic (exact) mass is 464 g/mol. The van der Waals surface area contributed by atoms with Crippen molar-refractivity contribution in [3.05, 3.63) is 59.7 Å². The van der Waals surface area contributed by atoms with Gasteiger partial charge in [0.1, 0.15) is 5.75 Å². The number of methoxy groups -OCH3 is 1. The normalized spacial score (nSPS) is 19.2. The van der Waals surface area contributed by atoms with Crippen LogP contribution in [0.25, 0.3) is 0 Å². The molecule has 34 heavy (non-hydrogen) atoms. The Morgan fingerprint density at radius 3 is 2.41 bits per heavy atom. The van der Waals surface area contributed by atoms with Gasteiger partial charge >= 0.3 is 0 Å². The predicted octanol–water partition coefficient (Wildman–Crippen LogP) is 3.18. The molecule has 2 aliphatic heterocycles. The van der Waals surface area contributed by atoms with Gasteiger partial charge in [0.2, 0.25) is 11.8 Å². The maximum Gasteiger partial charge on any atom is 0.238 e. The lowest BCUT2D eigenvalue weighted by Crippen LogP contribution is -2.52. The molecule has 2 aromatic rings. The second-order valence-electron chi connectivity index (χ2n) is 9.12. The summed E-state index contributed by atoms with van der Waals surface area (Å²) in [4.78, 5) is 32.0. The zero-order valence-corrected chi connectivity index (χ0v) is 20.3. The summed E-state index contributed by atoms with van der Waals surface area (Å²) in [6.07, 6.45) is 3.06. The van der Waals surface area contributed by atoms with Gasteiger partial charge in [0.25, 0.3) is 0 Å². The molecular formula is C27H36N4O3. The van der Waals surface area contributed by atoms with E-state index in [1.807, 2.05) is 41.3 Å². The highest BCUT2D eigenvalue weighted by molar-refractivity contribution is 5.93. The molecule has 2 aliphatic rings. The number of piperazine rings is 1. The number of ether oxygens (including phenoxy) is 1. The number of rotatable bonds is 8. The van der Waals surface area contributed by atoms with Gasteiger partial charge in [0, 0.05) is 37.9 Å². The highest BCUT2D eigenvalue weighted by Gasteiger charge is 2.30. The highest BCUT2D eigenvalue weighted by atomic mass is 16.5. The minimum absolute atomic E-state index is 0.0000710. The molecule has 182 valence electrons. The maximum atomic E-state index is 13.0. The summed E-state index contributed by atoms with van der Waals surface area (Å²) in [7, 11) is 1.67. The Morgan fingerprint density at radius 1 is 0.971 bits per heavy atom. The third kappa shape index (κ3) is 5.96. The number of nitrogens with zero attached hydrogens (tertiary/aromatic N) is 3. The number of aryl methyl sites for hydroxylation is 1. The predicted molar refractivity (Wildman–Crippen MR) is 134 cm³/mol. The minimum Gasteiger partial charge on any atom is -0.497 e. The van der Waals surface area contributed by atoms with Gasteiger partial charge in [-0.2, -0.15) is 0 Å². The molecular weight excluding hydrogens is 428 g/mol. The Kier molecular flexibility index (Phi) is 8.19. The molecule has 0 spiro atoms. The van der Waals surface area contributed by atoms with Gasteiger partial charge in [-0.1, -0.05) is 37.3 Å². The fraction of sp³-hybridized carbons (Fsp3) is 0.481. The molecule has 0 saturated carbocycles. The van der Waals surface area contributed by atoms with Crippen LogP contribution in [0.4, 0.5) is 5.69 Å². The summed E-state index contributed by atoms with van der Waals surface area (Å²) >= 11 is 0. The maximum absolute atomic E-state index is 13.0. The molecule has 0 bridgehead atoms. The van der Waals surface area contributed by atoms with Gasteiger partial charge in [-0.25, -0.2) is 0 Å². The number of amides is 2. The van der Waals surface area contributed by atoms with Crippen LogP contribution in [0.3, 0.4) is 0 Å². The minimum atomic E-state index is 0.0000710. The lowest BCUT2D eigenvalue weighted by molar-refractivity contribution is -0.134. The molecule has 0 aromatic heterocycles. The van der Waals surface area contributed by atoms with E-state index in [9.17, 15) is 9.59 Å². The van der Waals surface area contributed by atoms with E-state index < -0.39 is 0 Å². The number of hydrogen-bond donors (Lipinski definition) is 1. The van der Waals surface area contributed by atoms with Gasteiger partial charge < -0.3 is 15.0 Å². The molecule has 4 rings (SSSR count). The molecule has 0 aliphatic carbocycles. The van der Waals surface area contributed by atoms with E-state index in [-0.39, 0.29) is 17.9 Å². The van der Waals surface area contributed by atoms with Gasteiger partial charge in [-0.3, -0.25) is 19.4 Å². The number of carbonyl (C=O) groups is 2. The second kappa shape index (κ2) is 11.5. The fourth-order valence-electron chi connectivity index (χ4n) is 4.99. The number of benzene rings is 2. The summed E-state index contributed by atoms with van der Waals surface area (Å²) in [6.45, 7) is 6.60. The second-order valence-corrected chi connectivity index (χ2v) is 9.12. The molecule has 1 unspecified atom stereocenters. The van der Waals surface area contributed by atoms with Crippen molar-refractivity contribution in [3.63, 3.8) is 0 Å². The van der Waals surface area contributed by atoms with Crippen molar-refractivity contribution < 1.29 is 14.3 Å². The van der Waals surface area contributed by atoms with Crippen molar-refractivity contribution in [1.29, 1.82) is 0 Å². The third-order valence-corrected chi connectivity index (χ3v) is 6.97. The van der Waals surface area contributed by atoms with Crippen molar-refractivity contribution in [1.82, 2.24) is 14.7 Å². The quantitative estimate of drug-likeness (QED) is 0.650. The average molecular weight is 465 g/mol. The molecule has 0 radical (unpaired) electrons. The molecule has 7 heteroatoms. The standard InChI is InChI=1S/C27H36N4O3/c1-3-21-7-4-5-8-24(21)28-26(32)19-29-15-17-30(18-16-29)27(33)20-31-14-6-9-25(31)22-10-12-23(34-2)13-11-22/h4-5,7-8,10-13,25H,3,6,9,14-20H2,1-2H3,(H,28,32). The van der Waals surface area contributed by atoms with Crippen LogP contribution in [0.15, 0.2) is 48.5 Å². The topological polar surface area (TPSA) is 65.1 Å². The first-order chi connectivity index (χ1) is 16.6. The van der Waals surface area contributed by atoms with Crippen LogP contribution in [0, 0.1) is 0 Å². The van der Waals surface area contributed by atoms with E-state index in [0.717, 1.165) is 55.9 Å². The number of nitrogens with one attached hydrogen (secondary N) is 1. The van der Waals surface area contributed by atoms with Crippen LogP contribution in [-0.4, -0.2) is 79.4 Å². The lowest BCUT2D eigenvalue weighted by atomic mass is 10.0. The number of likely N-dealkylation sites (tertiary alicyclic amines) is 1. The van der Waals surface area contributed by atoms with Crippen molar-refractivity contribution in [2.45, 2.75) is 32.2 Å². The van der Waals surface area contributed by atoms with Crippen LogP contribution in [0.2, 0.25) is 0 Å². The summed E-state index contributed by atoms with van der Waals surface area (Å²) in [5.74, 6) is 1.03. The van der Waals surface area contributed by atoms with E-state index in [2.05, 4.69) is 34.2 Å². The largest absolute Gasteiger partial charge is 0.497 e. The molecule has 7 nitrogen and oxygen atoms in total. The molecule has 2 heterocycles. The highest BCUT2D eigenvalue weighted by Crippen LogP contribution is 2.32. The third-order valence-electron chi connectivity index (χ3n) is 6.97. The van der Waals surface area contributed by atoms with Crippen molar-refractivity contribution >= 4 is 17.5 Å². The van der Waals surface area contributed by atoms with E-state index in [1.165, 1.54) is 5.56 Å². The molecule has 2 fully saturated rings. The van der Waals surface area contributed by atoms with Crippen molar-refractivity contribution in [2.75, 3.05) is 58.2 Å². The molecule has 2 saturated heterocycles. The molecule has 2 amide bonds. The van der Waals surface area contributed by atoms with Crippen molar-refractivity contribution in [3.8, 4) is 5.75 Å². The smallest absolute Gasteiger partial charge is 0.238 e. The Labute approximate surface area is 202 Å². The van der Waals surface area contributed by atoms with Crippen LogP contribution in [-0.2, 0) is 16.0 Å². The van der Waals surface area contributed by atoms with Crippen molar-refractivity contribution in [2.24, 2.45) is 0 Å². The van der Waals surface area contributed by atoms with E-state index in [4.69, 9.17) is 4.74 Å². The first kappa shape index (κ1) is 24.2. The number of carbonyl (C=O) groups excluding carboxylic acids is 2. The van der Waals surface area contributed by atoms with Crippen LogP contribution >= 0.6 is 0 Å². The molecule has 1 atom stereocenters. The average Bonchev–Trinajstić information content (AvgIpc) is 3.32. The number of anilines is 1. The first-order valence-corrected chi connectivity index (χ1v) is 12.3. The zero-order chi connectivity index (χ0) is 23.9. The zero-order valence-electron chi connectivity index (χ0n) is 20.3. The van der Waals surface area contributed by atoms with Gasteiger partial charge in [-0.15, -0.1) is 0 Å². The van der Waals surface area contributed by atoms with E-state index in [0.29, 0.717) is 26.2 Å². The lowest BCUT2D eigenvalue weighted by Gasteiger charge is -2.35. The van der Waals surface area contributed by atoms with Gasteiger partial charge in [0.15, 0.2) is 0 Å². The summed E-state index contributed by atoms with van der Waals surface area (Å²) in [5.41, 5.74) is 3.27. The SMILES string of the molecule is CCc1ccccc1NC(=O)CN1CCN(C(=O)CN2CCCC2c2ccc(OC)cc2)CC1. The van der Waals surface area contributed by atoms with Crippen LogP contribution in [0.1, 0.15) is 36.9 Å². The molecule has 1 N–H and O–H groups in total. The Morgan fingerprint density at radius 2 is 1.71 bits per heavy atom. The Bertz CT molecular complexity index is 970. The van der Waals surface area contributed by atoms with Crippen LogP contribution in [0.5, 0.6) is 5.75 Å². The summed E-state index contributed by atoms with van der Waals surface area (Å²) in [5, 5.41) is 3.04. The van der Waals surface area contributed by atoms with Gasteiger partial charge in [-0.05, 0) is 55.1 Å².